The van der Waals surface area contributed by atoms with Crippen molar-refractivity contribution in [3.05, 3.63) is 66.1 Å². The number of nitrogens with zero attached hydrogens (tertiary/aromatic N) is 4. The van der Waals surface area contributed by atoms with E-state index in [4.69, 9.17) is 0 Å². The van der Waals surface area contributed by atoms with E-state index in [0.29, 0.717) is 35.2 Å². The average Bonchev–Trinajstić information content (AvgIpc) is 3.29. The van der Waals surface area contributed by atoms with E-state index in [9.17, 15) is 13.2 Å². The van der Waals surface area contributed by atoms with Crippen LogP contribution in [0.2, 0.25) is 0 Å². The zero-order chi connectivity index (χ0) is 22.1. The average molecular weight is 453 g/mol. The SMILES string of the molecule is O=C(c1cn2ccccc2n1)N1CCN(S(=O)(=O)c2ccc(C3CCCCC3)cc2)CC1. The number of amides is 1. The highest BCUT2D eigenvalue weighted by Gasteiger charge is 2.31. The molecule has 168 valence electrons. The van der Waals surface area contributed by atoms with Gasteiger partial charge in [0.1, 0.15) is 11.3 Å². The zero-order valence-electron chi connectivity index (χ0n) is 18.1. The molecule has 3 aromatic rings. The van der Waals surface area contributed by atoms with Gasteiger partial charge >= 0.3 is 0 Å². The lowest BCUT2D eigenvalue weighted by atomic mass is 9.84. The molecule has 0 N–H and O–H groups in total. The summed E-state index contributed by atoms with van der Waals surface area (Å²) in [6.45, 7) is 1.27. The Morgan fingerprint density at radius 3 is 2.31 bits per heavy atom. The first-order valence-electron chi connectivity index (χ1n) is 11.4. The molecule has 0 bridgehead atoms. The fraction of sp³-hybridized carbons (Fsp3) is 0.417. The molecule has 8 heteroatoms. The zero-order valence-corrected chi connectivity index (χ0v) is 18.9. The van der Waals surface area contributed by atoms with Gasteiger partial charge in [-0.1, -0.05) is 37.5 Å². The highest BCUT2D eigenvalue weighted by atomic mass is 32.2. The molecule has 1 amide bonds. The highest BCUT2D eigenvalue weighted by molar-refractivity contribution is 7.89. The molecule has 0 atom stereocenters. The third kappa shape index (κ3) is 4.04. The molecule has 1 aromatic carbocycles. The molecule has 0 unspecified atom stereocenters. The Bertz CT molecular complexity index is 1170. The van der Waals surface area contributed by atoms with Crippen molar-refractivity contribution in [2.24, 2.45) is 0 Å². The maximum Gasteiger partial charge on any atom is 0.274 e. The standard InChI is InChI=1S/C24H28N4O3S/c29-24(22-18-27-13-5-4-8-23(27)25-22)26-14-16-28(17-15-26)32(30,31)21-11-9-20(10-12-21)19-6-2-1-3-7-19/h4-5,8-13,18-19H,1-3,6-7,14-17H2. The Morgan fingerprint density at radius 2 is 1.62 bits per heavy atom. The van der Waals surface area contributed by atoms with Crippen molar-refractivity contribution in [2.45, 2.75) is 42.9 Å². The number of carbonyl (C=O) groups excluding carboxylic acids is 1. The van der Waals surface area contributed by atoms with Crippen molar-refractivity contribution in [1.29, 1.82) is 0 Å². The molecule has 1 aliphatic carbocycles. The van der Waals surface area contributed by atoms with Crippen LogP contribution in [-0.4, -0.2) is 59.1 Å². The number of rotatable bonds is 4. The summed E-state index contributed by atoms with van der Waals surface area (Å²) in [4.78, 5) is 19.3. The van der Waals surface area contributed by atoms with Gasteiger partial charge in [-0.15, -0.1) is 0 Å². The van der Waals surface area contributed by atoms with E-state index in [1.54, 1.807) is 23.2 Å². The summed E-state index contributed by atoms with van der Waals surface area (Å²) in [6.07, 6.45) is 9.75. The number of benzene rings is 1. The van der Waals surface area contributed by atoms with Gasteiger partial charge in [0.15, 0.2) is 0 Å². The second kappa shape index (κ2) is 8.67. The first-order valence-corrected chi connectivity index (χ1v) is 12.8. The summed E-state index contributed by atoms with van der Waals surface area (Å²) in [5.41, 5.74) is 2.34. The van der Waals surface area contributed by atoms with Crippen molar-refractivity contribution in [1.82, 2.24) is 18.6 Å². The topological polar surface area (TPSA) is 75.0 Å². The van der Waals surface area contributed by atoms with Gasteiger partial charge in [0.05, 0.1) is 4.90 Å². The Labute approximate surface area is 188 Å². The van der Waals surface area contributed by atoms with Gasteiger partial charge in [-0.25, -0.2) is 13.4 Å². The summed E-state index contributed by atoms with van der Waals surface area (Å²) in [7, 11) is -3.57. The Balaban J connectivity index is 1.24. The van der Waals surface area contributed by atoms with Crippen LogP contribution in [0.15, 0.2) is 59.8 Å². The van der Waals surface area contributed by atoms with E-state index >= 15 is 0 Å². The molecule has 32 heavy (non-hydrogen) atoms. The smallest absolute Gasteiger partial charge is 0.274 e. The number of fused-ring (bicyclic) bond motifs is 1. The molecule has 1 saturated carbocycles. The molecule has 2 fully saturated rings. The Hall–Kier alpha value is -2.71. The molecule has 0 spiro atoms. The molecule has 2 aromatic heterocycles. The van der Waals surface area contributed by atoms with Gasteiger partial charge < -0.3 is 9.30 Å². The van der Waals surface area contributed by atoms with Crippen molar-refractivity contribution < 1.29 is 13.2 Å². The fourth-order valence-corrected chi connectivity index (χ4v) is 6.25. The number of carbonyl (C=O) groups is 1. The van der Waals surface area contributed by atoms with Gasteiger partial charge in [0, 0.05) is 38.6 Å². The van der Waals surface area contributed by atoms with E-state index in [0.717, 1.165) is 0 Å². The quantitative estimate of drug-likeness (QED) is 0.607. The summed E-state index contributed by atoms with van der Waals surface area (Å²) in [6, 6.07) is 13.1. The normalized spacial score (nSPS) is 18.8. The second-order valence-electron chi connectivity index (χ2n) is 8.69. The second-order valence-corrected chi connectivity index (χ2v) is 10.6. The number of piperazine rings is 1. The number of hydrogen-bond acceptors (Lipinski definition) is 4. The van der Waals surface area contributed by atoms with Crippen LogP contribution in [0, 0.1) is 0 Å². The summed E-state index contributed by atoms with van der Waals surface area (Å²) in [5.74, 6) is 0.386. The molecule has 2 aliphatic rings. The van der Waals surface area contributed by atoms with Crippen molar-refractivity contribution >= 4 is 21.6 Å². The van der Waals surface area contributed by atoms with Gasteiger partial charge in [0.25, 0.3) is 5.91 Å². The first-order chi connectivity index (χ1) is 15.5. The minimum Gasteiger partial charge on any atom is -0.335 e. The van der Waals surface area contributed by atoms with Gasteiger partial charge in [-0.05, 0) is 48.6 Å². The number of sulfonamides is 1. The van der Waals surface area contributed by atoms with Crippen LogP contribution in [0.5, 0.6) is 0 Å². The van der Waals surface area contributed by atoms with Crippen LogP contribution in [0.1, 0.15) is 54.1 Å². The van der Waals surface area contributed by atoms with Crippen LogP contribution in [0.25, 0.3) is 5.65 Å². The molecule has 3 heterocycles. The number of pyridine rings is 1. The van der Waals surface area contributed by atoms with E-state index in [1.807, 2.05) is 40.9 Å². The molecule has 5 rings (SSSR count). The Kier molecular flexibility index (Phi) is 5.73. The monoisotopic (exact) mass is 452 g/mol. The fourth-order valence-electron chi connectivity index (χ4n) is 4.83. The minimum atomic E-state index is -3.57. The molecule has 0 radical (unpaired) electrons. The van der Waals surface area contributed by atoms with Crippen molar-refractivity contribution in [3.8, 4) is 0 Å². The maximum absolute atomic E-state index is 13.1. The highest BCUT2D eigenvalue weighted by Crippen LogP contribution is 2.33. The first kappa shape index (κ1) is 21.2. The van der Waals surface area contributed by atoms with E-state index in [1.165, 1.54) is 42.0 Å². The minimum absolute atomic E-state index is 0.164. The third-order valence-corrected chi connectivity index (χ3v) is 8.62. The van der Waals surface area contributed by atoms with Gasteiger partial charge in [-0.3, -0.25) is 4.79 Å². The van der Waals surface area contributed by atoms with E-state index in [2.05, 4.69) is 4.98 Å². The van der Waals surface area contributed by atoms with Gasteiger partial charge in [-0.2, -0.15) is 4.31 Å². The summed E-state index contributed by atoms with van der Waals surface area (Å²) < 4.78 is 29.6. The van der Waals surface area contributed by atoms with Crippen molar-refractivity contribution in [2.75, 3.05) is 26.2 Å². The lowest BCUT2D eigenvalue weighted by molar-refractivity contribution is 0.0692. The largest absolute Gasteiger partial charge is 0.335 e. The number of aromatic nitrogens is 2. The number of hydrogen-bond donors (Lipinski definition) is 0. The lowest BCUT2D eigenvalue weighted by Crippen LogP contribution is -2.50. The predicted octanol–water partition coefficient (Wildman–Crippen LogP) is 3.53. The summed E-state index contributed by atoms with van der Waals surface area (Å²) in [5, 5.41) is 0. The maximum atomic E-state index is 13.1. The number of imidazole rings is 1. The van der Waals surface area contributed by atoms with Crippen LogP contribution in [-0.2, 0) is 10.0 Å². The van der Waals surface area contributed by atoms with Crippen LogP contribution < -0.4 is 0 Å². The third-order valence-electron chi connectivity index (χ3n) is 6.70. The molecular formula is C24H28N4O3S. The van der Waals surface area contributed by atoms with E-state index in [-0.39, 0.29) is 19.0 Å². The Morgan fingerprint density at radius 1 is 0.906 bits per heavy atom. The molecule has 1 saturated heterocycles. The molecule has 7 nitrogen and oxygen atoms in total. The van der Waals surface area contributed by atoms with Crippen LogP contribution in [0.3, 0.4) is 0 Å². The van der Waals surface area contributed by atoms with Crippen LogP contribution in [0.4, 0.5) is 0 Å². The lowest BCUT2D eigenvalue weighted by Gasteiger charge is -2.33. The van der Waals surface area contributed by atoms with Gasteiger partial charge in [0.2, 0.25) is 10.0 Å². The predicted molar refractivity (Wildman–Crippen MR) is 122 cm³/mol. The van der Waals surface area contributed by atoms with Crippen molar-refractivity contribution in [3.63, 3.8) is 0 Å². The van der Waals surface area contributed by atoms with Crippen LogP contribution >= 0.6 is 0 Å². The summed E-state index contributed by atoms with van der Waals surface area (Å²) >= 11 is 0. The molecule has 1 aliphatic heterocycles. The van der Waals surface area contributed by atoms with E-state index < -0.39 is 10.0 Å². The molecular weight excluding hydrogens is 424 g/mol.